The molecule has 0 bridgehead atoms. The fourth-order valence-electron chi connectivity index (χ4n) is 3.26. The minimum Gasteiger partial charge on any atom is -0.354 e. The number of thiophene rings is 1. The molecule has 0 unspecified atom stereocenters. The van der Waals surface area contributed by atoms with Crippen LogP contribution in [0.3, 0.4) is 0 Å². The lowest BCUT2D eigenvalue weighted by molar-refractivity contribution is 1.32. The molecule has 1 aliphatic rings. The van der Waals surface area contributed by atoms with E-state index < -0.39 is 0 Å². The number of fused-ring (bicyclic) bond motifs is 5. The second-order valence-electron chi connectivity index (χ2n) is 6.31. The first kappa shape index (κ1) is 16.4. The number of nitrogens with one attached hydrogen (secondary N) is 1. The third-order valence-electron chi connectivity index (χ3n) is 4.55. The minimum absolute atomic E-state index is 1.20. The highest BCUT2D eigenvalue weighted by molar-refractivity contribution is 7.99. The molecule has 27 heavy (non-hydrogen) atoms. The Morgan fingerprint density at radius 1 is 0.481 bits per heavy atom. The van der Waals surface area contributed by atoms with E-state index in [1.807, 2.05) is 23.1 Å². The molecule has 0 amide bonds. The van der Waals surface area contributed by atoms with Crippen molar-refractivity contribution in [2.24, 2.45) is 0 Å². The number of rotatable bonds is 0. The van der Waals surface area contributed by atoms with E-state index in [4.69, 9.17) is 0 Å². The molecule has 0 fully saturated rings. The lowest BCUT2D eigenvalue weighted by atomic mass is 10.2. The van der Waals surface area contributed by atoms with Crippen molar-refractivity contribution in [1.82, 2.24) is 0 Å². The standard InChI is InChI=1S/C12H9NS.C12H8S/c1-3-7-11-9(5-1)13-10-6-2-4-8-12(10)14-11;1-3-7-11-9(5-1)10-6-2-4-8-12(10)13-11/h1-8,13H;1-8H. The number of benzene rings is 4. The van der Waals surface area contributed by atoms with Gasteiger partial charge in [-0.3, -0.25) is 0 Å². The third kappa shape index (κ3) is 3.20. The number of hydrogen-bond donors (Lipinski definition) is 1. The molecule has 4 aromatic carbocycles. The van der Waals surface area contributed by atoms with Gasteiger partial charge in [-0.15, -0.1) is 11.3 Å². The highest BCUT2D eigenvalue weighted by atomic mass is 32.2. The summed E-state index contributed by atoms with van der Waals surface area (Å²) >= 11 is 3.68. The van der Waals surface area contributed by atoms with Crippen LogP contribution in [0.1, 0.15) is 0 Å². The van der Waals surface area contributed by atoms with Gasteiger partial charge >= 0.3 is 0 Å². The van der Waals surface area contributed by atoms with Crippen LogP contribution in [0.2, 0.25) is 0 Å². The van der Waals surface area contributed by atoms with Gasteiger partial charge in [0.05, 0.1) is 11.4 Å². The summed E-state index contributed by atoms with van der Waals surface area (Å²) in [6.45, 7) is 0. The second-order valence-corrected chi connectivity index (χ2v) is 8.48. The maximum absolute atomic E-state index is 3.42. The fraction of sp³-hybridized carbons (Fsp3) is 0. The second kappa shape index (κ2) is 7.10. The molecule has 3 heteroatoms. The topological polar surface area (TPSA) is 12.0 Å². The van der Waals surface area contributed by atoms with E-state index in [0.29, 0.717) is 0 Å². The van der Waals surface area contributed by atoms with Gasteiger partial charge in [-0.1, -0.05) is 72.4 Å². The zero-order valence-corrected chi connectivity index (χ0v) is 16.2. The molecule has 5 aromatic rings. The first-order chi connectivity index (χ1) is 13.4. The van der Waals surface area contributed by atoms with E-state index in [1.165, 1.54) is 41.3 Å². The summed E-state index contributed by atoms with van der Waals surface area (Å²) < 4.78 is 2.76. The van der Waals surface area contributed by atoms with Crippen molar-refractivity contribution in [3.8, 4) is 0 Å². The predicted octanol–water partition coefficient (Wildman–Crippen LogP) is 7.95. The summed E-state index contributed by atoms with van der Waals surface area (Å²) in [5, 5.41) is 6.18. The van der Waals surface area contributed by atoms with Gasteiger partial charge in [0.15, 0.2) is 0 Å². The summed E-state index contributed by atoms with van der Waals surface area (Å²) in [6.07, 6.45) is 0. The summed E-state index contributed by atoms with van der Waals surface area (Å²) in [6, 6.07) is 33.9. The van der Waals surface area contributed by atoms with Crippen molar-refractivity contribution < 1.29 is 0 Å². The smallest absolute Gasteiger partial charge is 0.0526 e. The van der Waals surface area contributed by atoms with Gasteiger partial charge in [0.25, 0.3) is 0 Å². The van der Waals surface area contributed by atoms with Crippen LogP contribution < -0.4 is 5.32 Å². The molecule has 1 nitrogen and oxygen atoms in total. The fourth-order valence-corrected chi connectivity index (χ4v) is 5.35. The van der Waals surface area contributed by atoms with Gasteiger partial charge in [0.1, 0.15) is 0 Å². The molecule has 0 saturated heterocycles. The molecule has 130 valence electrons. The van der Waals surface area contributed by atoms with Crippen LogP contribution in [0, 0.1) is 0 Å². The van der Waals surface area contributed by atoms with Crippen molar-refractivity contribution in [1.29, 1.82) is 0 Å². The molecular weight excluding hydrogens is 366 g/mol. The van der Waals surface area contributed by atoms with Gasteiger partial charge < -0.3 is 5.32 Å². The molecule has 1 aliphatic heterocycles. The molecule has 1 N–H and O–H groups in total. The van der Waals surface area contributed by atoms with E-state index in [-0.39, 0.29) is 0 Å². The molecule has 0 aliphatic carbocycles. The highest BCUT2D eigenvalue weighted by Crippen LogP contribution is 2.43. The van der Waals surface area contributed by atoms with Gasteiger partial charge in [0.2, 0.25) is 0 Å². The summed E-state index contributed by atoms with van der Waals surface area (Å²) in [7, 11) is 0. The van der Waals surface area contributed by atoms with Crippen LogP contribution in [0.5, 0.6) is 0 Å². The molecule has 0 atom stereocenters. The molecule has 2 heterocycles. The zero-order valence-electron chi connectivity index (χ0n) is 14.6. The molecule has 6 rings (SSSR count). The molecule has 0 spiro atoms. The number of hydrogen-bond acceptors (Lipinski definition) is 3. The van der Waals surface area contributed by atoms with Crippen molar-refractivity contribution in [2.75, 3.05) is 5.32 Å². The Morgan fingerprint density at radius 2 is 0.926 bits per heavy atom. The zero-order chi connectivity index (χ0) is 18.1. The van der Waals surface area contributed by atoms with Crippen LogP contribution in [0.4, 0.5) is 11.4 Å². The minimum atomic E-state index is 1.20. The molecule has 0 radical (unpaired) electrons. The van der Waals surface area contributed by atoms with Gasteiger partial charge in [-0.05, 0) is 36.4 Å². The van der Waals surface area contributed by atoms with Crippen LogP contribution >= 0.6 is 23.1 Å². The Hall–Kier alpha value is -2.75. The lowest BCUT2D eigenvalue weighted by Crippen LogP contribution is -1.98. The largest absolute Gasteiger partial charge is 0.354 e. The average Bonchev–Trinajstić information content (AvgIpc) is 3.11. The van der Waals surface area contributed by atoms with Crippen molar-refractivity contribution in [3.05, 3.63) is 97.1 Å². The van der Waals surface area contributed by atoms with Crippen molar-refractivity contribution >= 4 is 54.6 Å². The van der Waals surface area contributed by atoms with Gasteiger partial charge in [0, 0.05) is 30.0 Å². The van der Waals surface area contributed by atoms with E-state index in [0.717, 1.165) is 0 Å². The Balaban J connectivity index is 0.000000119. The maximum atomic E-state index is 3.42. The lowest BCUT2D eigenvalue weighted by Gasteiger charge is -2.19. The van der Waals surface area contributed by atoms with E-state index in [9.17, 15) is 0 Å². The van der Waals surface area contributed by atoms with Crippen LogP contribution in [0.15, 0.2) is 107 Å². The summed E-state index contributed by atoms with van der Waals surface area (Å²) in [5.41, 5.74) is 2.41. The first-order valence-corrected chi connectivity index (χ1v) is 10.5. The van der Waals surface area contributed by atoms with E-state index in [1.54, 1.807) is 0 Å². The Bertz CT molecular complexity index is 1100. The SMILES string of the molecule is c1ccc2c(c1)Nc1ccccc1S2.c1ccc2c(c1)sc1ccccc12. The van der Waals surface area contributed by atoms with Gasteiger partial charge in [-0.25, -0.2) is 0 Å². The monoisotopic (exact) mass is 383 g/mol. The van der Waals surface area contributed by atoms with E-state index >= 15 is 0 Å². The number of anilines is 2. The predicted molar refractivity (Wildman–Crippen MR) is 120 cm³/mol. The Kier molecular flexibility index (Phi) is 4.32. The first-order valence-electron chi connectivity index (χ1n) is 8.88. The Morgan fingerprint density at radius 3 is 1.48 bits per heavy atom. The van der Waals surface area contributed by atoms with E-state index in [2.05, 4.69) is 102 Å². The van der Waals surface area contributed by atoms with Gasteiger partial charge in [-0.2, -0.15) is 0 Å². The quantitative estimate of drug-likeness (QED) is 0.285. The molecule has 1 aromatic heterocycles. The highest BCUT2D eigenvalue weighted by Gasteiger charge is 2.13. The maximum Gasteiger partial charge on any atom is 0.0526 e. The molecule has 0 saturated carbocycles. The average molecular weight is 384 g/mol. The Labute approximate surface area is 166 Å². The third-order valence-corrected chi connectivity index (χ3v) is 6.85. The van der Waals surface area contributed by atoms with Crippen molar-refractivity contribution in [3.63, 3.8) is 0 Å². The summed E-state index contributed by atoms with van der Waals surface area (Å²) in [4.78, 5) is 2.59. The van der Waals surface area contributed by atoms with Crippen LogP contribution in [-0.4, -0.2) is 0 Å². The van der Waals surface area contributed by atoms with Crippen LogP contribution in [0.25, 0.3) is 20.2 Å². The normalized spacial score (nSPS) is 11.9. The molecular formula is C24H17NS2. The number of para-hydroxylation sites is 2. The summed E-state index contributed by atoms with van der Waals surface area (Å²) in [5.74, 6) is 0. The van der Waals surface area contributed by atoms with Crippen LogP contribution in [-0.2, 0) is 0 Å². The van der Waals surface area contributed by atoms with Crippen molar-refractivity contribution in [2.45, 2.75) is 9.79 Å².